The van der Waals surface area contributed by atoms with Crippen LogP contribution in [0.2, 0.25) is 5.02 Å². The normalized spacial score (nSPS) is 10.5. The number of nitrogens with one attached hydrogen (secondary N) is 1. The number of hydrogen-bond acceptors (Lipinski definition) is 3. The van der Waals surface area contributed by atoms with Crippen LogP contribution >= 0.6 is 11.6 Å². The predicted octanol–water partition coefficient (Wildman–Crippen LogP) is 3.96. The van der Waals surface area contributed by atoms with Gasteiger partial charge in [0, 0.05) is 18.2 Å². The molecule has 1 aromatic rings. The minimum atomic E-state index is 0.422. The smallest absolute Gasteiger partial charge is 0.162 e. The van der Waals surface area contributed by atoms with E-state index in [2.05, 4.69) is 19.2 Å². The summed E-state index contributed by atoms with van der Waals surface area (Å²) in [7, 11) is 3.22. The fourth-order valence-electron chi connectivity index (χ4n) is 1.68. The van der Waals surface area contributed by atoms with Gasteiger partial charge in [-0.25, -0.2) is 0 Å². The lowest BCUT2D eigenvalue weighted by molar-refractivity contribution is 0.355. The summed E-state index contributed by atoms with van der Waals surface area (Å²) in [4.78, 5) is 0. The van der Waals surface area contributed by atoms with E-state index in [1.165, 1.54) is 0 Å². The van der Waals surface area contributed by atoms with Gasteiger partial charge in [0.2, 0.25) is 0 Å². The zero-order valence-electron chi connectivity index (χ0n) is 10.8. The maximum absolute atomic E-state index is 6.20. The van der Waals surface area contributed by atoms with Gasteiger partial charge in [-0.3, -0.25) is 0 Å². The molecule has 3 nitrogen and oxygen atoms in total. The van der Waals surface area contributed by atoms with Gasteiger partial charge < -0.3 is 14.8 Å². The predicted molar refractivity (Wildman–Crippen MR) is 72.5 cm³/mol. The van der Waals surface area contributed by atoms with Crippen molar-refractivity contribution in [1.29, 1.82) is 0 Å². The lowest BCUT2D eigenvalue weighted by Gasteiger charge is -2.19. The van der Waals surface area contributed by atoms with Crippen molar-refractivity contribution >= 4 is 17.3 Å². The van der Waals surface area contributed by atoms with Crippen LogP contribution in [-0.4, -0.2) is 20.3 Å². The summed E-state index contributed by atoms with van der Waals surface area (Å²) >= 11 is 6.20. The van der Waals surface area contributed by atoms with Crippen molar-refractivity contribution in [1.82, 2.24) is 0 Å². The van der Waals surface area contributed by atoms with Crippen LogP contribution in [-0.2, 0) is 0 Å². The van der Waals surface area contributed by atoms with Gasteiger partial charge in [-0.2, -0.15) is 0 Å². The van der Waals surface area contributed by atoms with Crippen molar-refractivity contribution in [3.8, 4) is 11.5 Å². The number of ether oxygens (including phenoxy) is 2. The third kappa shape index (κ3) is 3.43. The third-order valence-corrected chi connectivity index (χ3v) is 3.13. The van der Waals surface area contributed by atoms with Crippen molar-refractivity contribution in [2.45, 2.75) is 32.7 Å². The van der Waals surface area contributed by atoms with Crippen molar-refractivity contribution < 1.29 is 9.47 Å². The first-order valence-corrected chi connectivity index (χ1v) is 6.22. The molecule has 0 aliphatic heterocycles. The molecule has 0 fully saturated rings. The molecule has 4 heteroatoms. The van der Waals surface area contributed by atoms with Gasteiger partial charge in [-0.1, -0.05) is 25.4 Å². The largest absolute Gasteiger partial charge is 0.493 e. The third-order valence-electron chi connectivity index (χ3n) is 2.82. The highest BCUT2D eigenvalue weighted by atomic mass is 35.5. The van der Waals surface area contributed by atoms with E-state index in [0.717, 1.165) is 18.5 Å². The Morgan fingerprint density at radius 1 is 1.12 bits per heavy atom. The molecule has 0 atom stereocenters. The quantitative estimate of drug-likeness (QED) is 0.837. The highest BCUT2D eigenvalue weighted by Crippen LogP contribution is 2.36. The Morgan fingerprint density at radius 3 is 2.12 bits per heavy atom. The molecule has 1 rings (SSSR count). The molecular formula is C13H20ClNO2. The van der Waals surface area contributed by atoms with Gasteiger partial charge in [0.15, 0.2) is 11.5 Å². The summed E-state index contributed by atoms with van der Waals surface area (Å²) in [5, 5.41) is 4.05. The Bertz CT molecular complexity index is 365. The molecule has 0 aromatic heterocycles. The Labute approximate surface area is 108 Å². The van der Waals surface area contributed by atoms with Crippen LogP contribution in [0.25, 0.3) is 0 Å². The molecular weight excluding hydrogens is 238 g/mol. The van der Waals surface area contributed by atoms with E-state index in [4.69, 9.17) is 21.1 Å². The molecule has 0 unspecified atom stereocenters. The van der Waals surface area contributed by atoms with Gasteiger partial charge in [0.25, 0.3) is 0 Å². The SMILES string of the molecule is CCC(CC)Nc1cc(OC)c(OC)cc1Cl. The van der Waals surface area contributed by atoms with E-state index in [0.29, 0.717) is 22.6 Å². The summed E-state index contributed by atoms with van der Waals surface area (Å²) in [6.45, 7) is 4.30. The number of benzene rings is 1. The molecule has 1 N–H and O–H groups in total. The molecule has 0 saturated carbocycles. The standard InChI is InChI=1S/C13H20ClNO2/c1-5-9(6-2)15-11-8-13(17-4)12(16-3)7-10(11)14/h7-9,15H,5-6H2,1-4H3. The lowest BCUT2D eigenvalue weighted by atomic mass is 10.1. The minimum absolute atomic E-state index is 0.422. The van der Waals surface area contributed by atoms with Gasteiger partial charge in [0.1, 0.15) is 0 Å². The Hall–Kier alpha value is -1.09. The first-order chi connectivity index (χ1) is 8.15. The molecule has 0 bridgehead atoms. The summed E-state index contributed by atoms with van der Waals surface area (Å²) in [5.74, 6) is 1.33. The Morgan fingerprint density at radius 2 is 1.65 bits per heavy atom. The molecule has 0 saturated heterocycles. The second kappa shape index (κ2) is 6.60. The maximum atomic E-state index is 6.20. The van der Waals surface area contributed by atoms with E-state index >= 15 is 0 Å². The van der Waals surface area contributed by atoms with Crippen molar-refractivity contribution in [3.05, 3.63) is 17.2 Å². The number of halogens is 1. The van der Waals surface area contributed by atoms with Crippen molar-refractivity contribution in [2.75, 3.05) is 19.5 Å². The van der Waals surface area contributed by atoms with Crippen LogP contribution in [0.5, 0.6) is 11.5 Å². The number of methoxy groups -OCH3 is 2. The zero-order chi connectivity index (χ0) is 12.8. The van der Waals surface area contributed by atoms with Crippen LogP contribution < -0.4 is 14.8 Å². The van der Waals surface area contributed by atoms with Crippen LogP contribution in [0.3, 0.4) is 0 Å². The summed E-state index contributed by atoms with van der Waals surface area (Å²) in [5.41, 5.74) is 0.887. The van der Waals surface area contributed by atoms with Crippen LogP contribution in [0.15, 0.2) is 12.1 Å². The van der Waals surface area contributed by atoms with E-state index in [-0.39, 0.29) is 0 Å². The lowest BCUT2D eigenvalue weighted by Crippen LogP contribution is -2.17. The molecule has 0 aliphatic carbocycles. The topological polar surface area (TPSA) is 30.5 Å². The minimum Gasteiger partial charge on any atom is -0.493 e. The number of anilines is 1. The number of rotatable bonds is 6. The highest BCUT2D eigenvalue weighted by Gasteiger charge is 2.12. The fourth-order valence-corrected chi connectivity index (χ4v) is 1.89. The molecule has 0 spiro atoms. The van der Waals surface area contributed by atoms with Crippen LogP contribution in [0.4, 0.5) is 5.69 Å². The van der Waals surface area contributed by atoms with Crippen molar-refractivity contribution in [2.24, 2.45) is 0 Å². The van der Waals surface area contributed by atoms with Gasteiger partial charge in [0.05, 0.1) is 24.9 Å². The van der Waals surface area contributed by atoms with Gasteiger partial charge in [-0.15, -0.1) is 0 Å². The number of hydrogen-bond donors (Lipinski definition) is 1. The Kier molecular flexibility index (Phi) is 5.42. The fraction of sp³-hybridized carbons (Fsp3) is 0.538. The van der Waals surface area contributed by atoms with Crippen LogP contribution in [0, 0.1) is 0 Å². The Balaban J connectivity index is 2.99. The monoisotopic (exact) mass is 257 g/mol. The van der Waals surface area contributed by atoms with E-state index < -0.39 is 0 Å². The molecule has 0 radical (unpaired) electrons. The van der Waals surface area contributed by atoms with E-state index in [1.807, 2.05) is 6.07 Å². The van der Waals surface area contributed by atoms with Gasteiger partial charge >= 0.3 is 0 Å². The molecule has 17 heavy (non-hydrogen) atoms. The van der Waals surface area contributed by atoms with Crippen molar-refractivity contribution in [3.63, 3.8) is 0 Å². The second-order valence-corrected chi connectivity index (χ2v) is 4.25. The maximum Gasteiger partial charge on any atom is 0.162 e. The van der Waals surface area contributed by atoms with Gasteiger partial charge in [-0.05, 0) is 12.8 Å². The molecule has 0 amide bonds. The van der Waals surface area contributed by atoms with Crippen LogP contribution in [0.1, 0.15) is 26.7 Å². The molecule has 0 aliphatic rings. The summed E-state index contributed by atoms with van der Waals surface area (Å²) in [6, 6.07) is 4.07. The first-order valence-electron chi connectivity index (χ1n) is 5.84. The summed E-state index contributed by atoms with van der Waals surface area (Å²) in [6.07, 6.45) is 2.11. The zero-order valence-corrected chi connectivity index (χ0v) is 11.6. The molecule has 1 aromatic carbocycles. The average molecular weight is 258 g/mol. The average Bonchev–Trinajstić information content (AvgIpc) is 2.36. The molecule has 0 heterocycles. The molecule has 96 valence electrons. The van der Waals surface area contributed by atoms with E-state index in [9.17, 15) is 0 Å². The first kappa shape index (κ1) is 14.0. The highest BCUT2D eigenvalue weighted by molar-refractivity contribution is 6.33. The summed E-state index contributed by atoms with van der Waals surface area (Å²) < 4.78 is 10.4. The van der Waals surface area contributed by atoms with E-state index in [1.54, 1.807) is 20.3 Å². The second-order valence-electron chi connectivity index (χ2n) is 3.84.